The maximum atomic E-state index is 13.2. The number of anilines is 1. The van der Waals surface area contributed by atoms with Gasteiger partial charge >= 0.3 is 6.03 Å². The standard InChI is InChI=1S/C25H23FN6O4S/c1-2-36-22-13-7-19(8-14-22)28-24(33)27-15-23-29-30-25(37-16-17-3-5-18(26)6-4-17)31(23)20-9-11-21(12-10-20)32(34)35/h3-14H,2,15-16H2,1H3,(H2,27,28,33). The maximum absolute atomic E-state index is 13.2. The monoisotopic (exact) mass is 522 g/mol. The van der Waals surface area contributed by atoms with Crippen LogP contribution in [0.4, 0.5) is 20.6 Å². The Labute approximate surface area is 216 Å². The fourth-order valence-corrected chi connectivity index (χ4v) is 4.28. The average molecular weight is 523 g/mol. The highest BCUT2D eigenvalue weighted by atomic mass is 32.2. The van der Waals surface area contributed by atoms with Crippen molar-refractivity contribution in [2.45, 2.75) is 24.4 Å². The summed E-state index contributed by atoms with van der Waals surface area (Å²) in [4.78, 5) is 23.1. The number of aromatic nitrogens is 3. The Balaban J connectivity index is 1.49. The van der Waals surface area contributed by atoms with E-state index in [4.69, 9.17) is 4.74 Å². The summed E-state index contributed by atoms with van der Waals surface area (Å²) in [7, 11) is 0. The average Bonchev–Trinajstić information content (AvgIpc) is 3.31. The molecule has 0 radical (unpaired) electrons. The molecule has 4 rings (SSSR count). The molecule has 4 aromatic rings. The van der Waals surface area contributed by atoms with Gasteiger partial charge in [-0.2, -0.15) is 0 Å². The Kier molecular flexibility index (Phi) is 8.31. The molecule has 0 aliphatic rings. The molecular formula is C25H23FN6O4S. The lowest BCUT2D eigenvalue weighted by atomic mass is 10.2. The lowest BCUT2D eigenvalue weighted by molar-refractivity contribution is -0.384. The summed E-state index contributed by atoms with van der Waals surface area (Å²) in [6, 6.07) is 18.6. The fraction of sp³-hybridized carbons (Fsp3) is 0.160. The molecule has 0 unspecified atom stereocenters. The minimum absolute atomic E-state index is 0.0456. The van der Waals surface area contributed by atoms with Crippen LogP contribution in [0, 0.1) is 15.9 Å². The Morgan fingerprint density at radius 3 is 2.41 bits per heavy atom. The van der Waals surface area contributed by atoms with Crippen molar-refractivity contribution in [1.29, 1.82) is 0 Å². The van der Waals surface area contributed by atoms with Crippen LogP contribution in [0.3, 0.4) is 0 Å². The highest BCUT2D eigenvalue weighted by molar-refractivity contribution is 7.98. The summed E-state index contributed by atoms with van der Waals surface area (Å²) in [5, 5.41) is 25.6. The second-order valence-corrected chi connectivity index (χ2v) is 8.63. The van der Waals surface area contributed by atoms with Crippen molar-refractivity contribution >= 4 is 29.2 Å². The van der Waals surface area contributed by atoms with Crippen LogP contribution in [0.5, 0.6) is 5.75 Å². The molecule has 0 saturated heterocycles. The van der Waals surface area contributed by atoms with E-state index in [1.165, 1.54) is 36.0 Å². The molecule has 10 nitrogen and oxygen atoms in total. The molecule has 12 heteroatoms. The number of non-ortho nitro benzene ring substituents is 1. The molecule has 0 atom stereocenters. The van der Waals surface area contributed by atoms with Crippen molar-refractivity contribution in [1.82, 2.24) is 20.1 Å². The van der Waals surface area contributed by atoms with Crippen LogP contribution < -0.4 is 15.4 Å². The van der Waals surface area contributed by atoms with Gasteiger partial charge in [0, 0.05) is 29.3 Å². The van der Waals surface area contributed by atoms with Crippen LogP contribution in [0.25, 0.3) is 5.69 Å². The zero-order chi connectivity index (χ0) is 26.2. The molecule has 2 N–H and O–H groups in total. The maximum Gasteiger partial charge on any atom is 0.319 e. The van der Waals surface area contributed by atoms with E-state index in [-0.39, 0.29) is 18.0 Å². The number of benzene rings is 3. The predicted molar refractivity (Wildman–Crippen MR) is 137 cm³/mol. The molecule has 2 amide bonds. The largest absolute Gasteiger partial charge is 0.494 e. The van der Waals surface area contributed by atoms with Crippen molar-refractivity contribution in [2.24, 2.45) is 0 Å². The summed E-state index contributed by atoms with van der Waals surface area (Å²) < 4.78 is 20.4. The van der Waals surface area contributed by atoms with Gasteiger partial charge in [0.2, 0.25) is 0 Å². The Bertz CT molecular complexity index is 1360. The summed E-state index contributed by atoms with van der Waals surface area (Å²) in [6.07, 6.45) is 0. The topological polar surface area (TPSA) is 124 Å². The van der Waals surface area contributed by atoms with E-state index in [1.807, 2.05) is 6.92 Å². The number of rotatable bonds is 10. The minimum Gasteiger partial charge on any atom is -0.494 e. The molecule has 0 aliphatic carbocycles. The summed E-state index contributed by atoms with van der Waals surface area (Å²) in [5.41, 5.74) is 2.03. The number of halogens is 1. The second kappa shape index (κ2) is 12.0. The van der Waals surface area contributed by atoms with E-state index < -0.39 is 11.0 Å². The van der Waals surface area contributed by atoms with Crippen LogP contribution in [-0.4, -0.2) is 32.3 Å². The number of carbonyl (C=O) groups is 1. The molecule has 1 aromatic heterocycles. The third-order valence-electron chi connectivity index (χ3n) is 5.13. The van der Waals surface area contributed by atoms with Crippen molar-refractivity contribution in [3.63, 3.8) is 0 Å². The van der Waals surface area contributed by atoms with Gasteiger partial charge in [0.15, 0.2) is 11.0 Å². The Hall–Kier alpha value is -4.45. The van der Waals surface area contributed by atoms with Gasteiger partial charge < -0.3 is 15.4 Å². The summed E-state index contributed by atoms with van der Waals surface area (Å²) in [5.74, 6) is 1.31. The van der Waals surface area contributed by atoms with E-state index in [0.29, 0.717) is 40.5 Å². The molecule has 0 spiro atoms. The Morgan fingerprint density at radius 2 is 1.76 bits per heavy atom. The van der Waals surface area contributed by atoms with Crippen molar-refractivity contribution in [3.05, 3.63) is 100 Å². The first-order valence-electron chi connectivity index (χ1n) is 11.3. The Morgan fingerprint density at radius 1 is 1.05 bits per heavy atom. The van der Waals surface area contributed by atoms with Gasteiger partial charge in [-0.15, -0.1) is 10.2 Å². The van der Waals surface area contributed by atoms with Crippen LogP contribution in [0.2, 0.25) is 0 Å². The van der Waals surface area contributed by atoms with Crippen LogP contribution in [0.1, 0.15) is 18.3 Å². The first kappa shape index (κ1) is 25.6. The lowest BCUT2D eigenvalue weighted by Crippen LogP contribution is -2.29. The highest BCUT2D eigenvalue weighted by Crippen LogP contribution is 2.26. The molecule has 1 heterocycles. The number of nitrogens with zero attached hydrogens (tertiary/aromatic N) is 4. The van der Waals surface area contributed by atoms with Crippen molar-refractivity contribution in [2.75, 3.05) is 11.9 Å². The number of urea groups is 1. The molecule has 0 saturated carbocycles. The number of nitro groups is 1. The van der Waals surface area contributed by atoms with Crippen molar-refractivity contribution < 1.29 is 18.8 Å². The van der Waals surface area contributed by atoms with E-state index in [9.17, 15) is 19.3 Å². The third-order valence-corrected chi connectivity index (χ3v) is 6.13. The number of amides is 2. The highest BCUT2D eigenvalue weighted by Gasteiger charge is 2.17. The smallest absolute Gasteiger partial charge is 0.319 e. The molecule has 0 fully saturated rings. The van der Waals surface area contributed by atoms with Gasteiger partial charge in [-0.25, -0.2) is 9.18 Å². The third kappa shape index (κ3) is 6.82. The number of hydrogen-bond acceptors (Lipinski definition) is 7. The molecular weight excluding hydrogens is 499 g/mol. The molecule has 37 heavy (non-hydrogen) atoms. The zero-order valence-corrected chi connectivity index (χ0v) is 20.6. The van der Waals surface area contributed by atoms with Gasteiger partial charge in [0.1, 0.15) is 11.6 Å². The number of ether oxygens (including phenoxy) is 1. The van der Waals surface area contributed by atoms with Crippen LogP contribution in [-0.2, 0) is 12.3 Å². The number of nitrogens with one attached hydrogen (secondary N) is 2. The number of hydrogen-bond donors (Lipinski definition) is 2. The predicted octanol–water partition coefficient (Wildman–Crippen LogP) is 5.33. The number of thioether (sulfide) groups is 1. The van der Waals surface area contributed by atoms with E-state index >= 15 is 0 Å². The fourth-order valence-electron chi connectivity index (χ4n) is 3.36. The molecule has 0 aliphatic heterocycles. The van der Waals surface area contributed by atoms with Crippen LogP contribution >= 0.6 is 11.8 Å². The summed E-state index contributed by atoms with van der Waals surface area (Å²) >= 11 is 1.37. The molecule has 0 bridgehead atoms. The molecule has 3 aromatic carbocycles. The van der Waals surface area contributed by atoms with Crippen LogP contribution in [0.15, 0.2) is 78.0 Å². The van der Waals surface area contributed by atoms with E-state index in [1.54, 1.807) is 53.1 Å². The molecule has 190 valence electrons. The number of carbonyl (C=O) groups excluding carboxylic acids is 1. The van der Waals surface area contributed by atoms with E-state index in [0.717, 1.165) is 5.56 Å². The van der Waals surface area contributed by atoms with E-state index in [2.05, 4.69) is 20.8 Å². The quantitative estimate of drug-likeness (QED) is 0.164. The normalized spacial score (nSPS) is 10.6. The first-order valence-corrected chi connectivity index (χ1v) is 12.3. The van der Waals surface area contributed by atoms with Gasteiger partial charge in [0.25, 0.3) is 5.69 Å². The van der Waals surface area contributed by atoms with Gasteiger partial charge in [-0.3, -0.25) is 14.7 Å². The zero-order valence-electron chi connectivity index (χ0n) is 19.8. The van der Waals surface area contributed by atoms with Gasteiger partial charge in [-0.05, 0) is 61.0 Å². The van der Waals surface area contributed by atoms with Gasteiger partial charge in [0.05, 0.1) is 18.1 Å². The first-order chi connectivity index (χ1) is 17.9. The lowest BCUT2D eigenvalue weighted by Gasteiger charge is -2.12. The SMILES string of the molecule is CCOc1ccc(NC(=O)NCc2nnc(SCc3ccc(F)cc3)n2-c2ccc([N+](=O)[O-])cc2)cc1. The second-order valence-electron chi connectivity index (χ2n) is 7.69. The van der Waals surface area contributed by atoms with Crippen molar-refractivity contribution in [3.8, 4) is 11.4 Å². The minimum atomic E-state index is -0.478. The number of nitro benzene ring substituents is 1. The summed E-state index contributed by atoms with van der Waals surface area (Å²) in [6.45, 7) is 2.48. The van der Waals surface area contributed by atoms with Gasteiger partial charge in [-0.1, -0.05) is 23.9 Å².